The van der Waals surface area contributed by atoms with Crippen molar-refractivity contribution in [1.82, 2.24) is 20.5 Å². The first-order valence-corrected chi connectivity index (χ1v) is 8.96. The van der Waals surface area contributed by atoms with E-state index in [1.165, 1.54) is 10.4 Å². The number of urea groups is 1. The Hall–Kier alpha value is -2.67. The molecule has 6 nitrogen and oxygen atoms in total. The minimum absolute atomic E-state index is 0.243. The molecule has 2 heterocycles. The fraction of sp³-hybridized carbons (Fsp3) is 0.278. The number of nitrogens with zero attached hydrogens (tertiary/aromatic N) is 2. The monoisotopic (exact) mass is 355 g/mol. The number of carbonyl (C=O) groups is 1. The van der Waals surface area contributed by atoms with Crippen molar-refractivity contribution >= 4 is 23.1 Å². The number of anilines is 1. The number of benzene rings is 1. The van der Waals surface area contributed by atoms with E-state index in [-0.39, 0.29) is 6.03 Å². The summed E-state index contributed by atoms with van der Waals surface area (Å²) in [6, 6.07) is 7.68. The van der Waals surface area contributed by atoms with Gasteiger partial charge in [0.05, 0.1) is 29.6 Å². The molecule has 3 rings (SSSR count). The molecule has 3 N–H and O–H groups in total. The highest BCUT2D eigenvalue weighted by molar-refractivity contribution is 7.09. The number of aromatic amines is 1. The fourth-order valence-corrected chi connectivity index (χ4v) is 3.52. The molecule has 0 unspecified atom stereocenters. The molecule has 1 atom stereocenters. The topological polar surface area (TPSA) is 82.7 Å². The zero-order valence-corrected chi connectivity index (χ0v) is 15.3. The van der Waals surface area contributed by atoms with Crippen molar-refractivity contribution in [2.75, 3.05) is 5.32 Å². The second-order valence-corrected chi connectivity index (χ2v) is 6.87. The molecule has 0 aliphatic heterocycles. The predicted octanol–water partition coefficient (Wildman–Crippen LogP) is 3.96. The number of hydrogen-bond acceptors (Lipinski definition) is 4. The van der Waals surface area contributed by atoms with Gasteiger partial charge >= 0.3 is 6.03 Å². The van der Waals surface area contributed by atoms with Gasteiger partial charge < -0.3 is 10.6 Å². The lowest BCUT2D eigenvalue weighted by Gasteiger charge is -2.12. The average molecular weight is 355 g/mol. The average Bonchev–Trinajstić information content (AvgIpc) is 3.21. The van der Waals surface area contributed by atoms with Gasteiger partial charge in [-0.15, -0.1) is 11.3 Å². The Kier molecular flexibility index (Phi) is 5.14. The first-order chi connectivity index (χ1) is 12.0. The van der Waals surface area contributed by atoms with Crippen LogP contribution in [-0.4, -0.2) is 21.2 Å². The molecule has 0 radical (unpaired) electrons. The summed E-state index contributed by atoms with van der Waals surface area (Å²) >= 11 is 1.67. The smallest absolute Gasteiger partial charge is 0.319 e. The molecule has 0 saturated carbocycles. The van der Waals surface area contributed by atoms with Crippen LogP contribution in [0.15, 0.2) is 36.0 Å². The van der Waals surface area contributed by atoms with E-state index in [4.69, 9.17) is 0 Å². The van der Waals surface area contributed by atoms with E-state index in [1.807, 2.05) is 43.6 Å². The summed E-state index contributed by atoms with van der Waals surface area (Å²) in [7, 11) is 0. The number of hydrogen-bond donors (Lipinski definition) is 3. The summed E-state index contributed by atoms with van der Waals surface area (Å²) in [5.41, 5.74) is 6.84. The Balaban J connectivity index is 1.58. The summed E-state index contributed by atoms with van der Waals surface area (Å²) in [5.74, 6) is 0.290. The molecule has 3 aromatic rings. The molecule has 0 spiro atoms. The lowest BCUT2D eigenvalue weighted by molar-refractivity contribution is 0.251. The Morgan fingerprint density at radius 3 is 2.64 bits per heavy atom. The molecule has 0 aliphatic carbocycles. The predicted molar refractivity (Wildman–Crippen MR) is 100.0 cm³/mol. The second-order valence-electron chi connectivity index (χ2n) is 5.98. The number of amides is 2. The molecule has 25 heavy (non-hydrogen) atoms. The summed E-state index contributed by atoms with van der Waals surface area (Å²) < 4.78 is 0. The van der Waals surface area contributed by atoms with E-state index in [2.05, 4.69) is 32.7 Å². The Morgan fingerprint density at radius 2 is 2.04 bits per heavy atom. The summed E-state index contributed by atoms with van der Waals surface area (Å²) in [5, 5.41) is 12.5. The maximum atomic E-state index is 12.0. The van der Waals surface area contributed by atoms with Crippen molar-refractivity contribution in [2.24, 2.45) is 0 Å². The SMILES string of the molecule is Cc1cn[nH]c1CNC(=O)Nc1ccc([C@H](C)c2scnc2C)cc1. The van der Waals surface area contributed by atoms with Crippen LogP contribution in [0.2, 0.25) is 0 Å². The first-order valence-electron chi connectivity index (χ1n) is 8.08. The quantitative estimate of drug-likeness (QED) is 0.648. The van der Waals surface area contributed by atoms with Gasteiger partial charge in [0.2, 0.25) is 0 Å². The molecule has 0 bridgehead atoms. The zero-order valence-electron chi connectivity index (χ0n) is 14.5. The van der Waals surface area contributed by atoms with Gasteiger partial charge in [0.1, 0.15) is 0 Å². The fourth-order valence-electron chi connectivity index (χ4n) is 2.63. The van der Waals surface area contributed by atoms with E-state index in [0.717, 1.165) is 22.6 Å². The van der Waals surface area contributed by atoms with Crippen molar-refractivity contribution in [3.05, 3.63) is 63.4 Å². The summed E-state index contributed by atoms with van der Waals surface area (Å²) in [6.45, 7) is 6.56. The van der Waals surface area contributed by atoms with E-state index >= 15 is 0 Å². The van der Waals surface area contributed by atoms with E-state index in [1.54, 1.807) is 17.5 Å². The van der Waals surface area contributed by atoms with Crippen LogP contribution in [0.5, 0.6) is 0 Å². The molecule has 0 aliphatic rings. The summed E-state index contributed by atoms with van der Waals surface area (Å²) in [4.78, 5) is 17.6. The molecule has 7 heteroatoms. The molecule has 2 aromatic heterocycles. The van der Waals surface area contributed by atoms with Gasteiger partial charge in [-0.25, -0.2) is 9.78 Å². The van der Waals surface area contributed by atoms with Gasteiger partial charge in [0.15, 0.2) is 0 Å². The number of aromatic nitrogens is 3. The van der Waals surface area contributed by atoms with Crippen LogP contribution in [0.4, 0.5) is 10.5 Å². The molecule has 130 valence electrons. The van der Waals surface area contributed by atoms with E-state index < -0.39 is 0 Å². The zero-order chi connectivity index (χ0) is 17.8. The number of carbonyl (C=O) groups excluding carboxylic acids is 1. The molecule has 0 saturated heterocycles. The normalized spacial score (nSPS) is 12.0. The van der Waals surface area contributed by atoms with Crippen molar-refractivity contribution in [1.29, 1.82) is 0 Å². The molecular weight excluding hydrogens is 334 g/mol. The van der Waals surface area contributed by atoms with Gasteiger partial charge in [-0.3, -0.25) is 5.10 Å². The van der Waals surface area contributed by atoms with Crippen LogP contribution in [-0.2, 0) is 6.54 Å². The van der Waals surface area contributed by atoms with Gasteiger partial charge in [-0.05, 0) is 37.1 Å². The molecule has 1 aromatic carbocycles. The van der Waals surface area contributed by atoms with Crippen molar-refractivity contribution in [3.8, 4) is 0 Å². The standard InChI is InChI=1S/C18H21N5OS/c1-11-8-21-23-16(11)9-19-18(24)22-15-6-4-14(5-7-15)12(2)17-13(3)20-10-25-17/h4-8,10,12H,9H2,1-3H3,(H,21,23)(H2,19,22,24)/t12-/m0/s1. The van der Waals surface area contributed by atoms with Crippen LogP contribution in [0, 0.1) is 13.8 Å². The van der Waals surface area contributed by atoms with Crippen molar-refractivity contribution < 1.29 is 4.79 Å². The number of H-pyrrole nitrogens is 1. The Morgan fingerprint density at radius 1 is 1.28 bits per heavy atom. The minimum Gasteiger partial charge on any atom is -0.332 e. The Bertz CT molecular complexity index is 852. The third kappa shape index (κ3) is 4.06. The number of thiazole rings is 1. The maximum absolute atomic E-state index is 12.0. The van der Waals surface area contributed by atoms with E-state index in [9.17, 15) is 4.79 Å². The highest BCUT2D eigenvalue weighted by Gasteiger charge is 2.13. The highest BCUT2D eigenvalue weighted by Crippen LogP contribution is 2.30. The van der Waals surface area contributed by atoms with Crippen LogP contribution in [0.1, 0.15) is 40.2 Å². The highest BCUT2D eigenvalue weighted by atomic mass is 32.1. The van der Waals surface area contributed by atoms with Crippen molar-refractivity contribution in [2.45, 2.75) is 33.2 Å². The first kappa shape index (κ1) is 17.2. The second kappa shape index (κ2) is 7.48. The minimum atomic E-state index is -0.243. The Labute approximate surface area is 150 Å². The van der Waals surface area contributed by atoms with Gasteiger partial charge in [-0.2, -0.15) is 5.10 Å². The number of aryl methyl sites for hydroxylation is 2. The van der Waals surface area contributed by atoms with Crippen LogP contribution in [0.3, 0.4) is 0 Å². The third-order valence-corrected chi connectivity index (χ3v) is 5.32. The van der Waals surface area contributed by atoms with Crippen molar-refractivity contribution in [3.63, 3.8) is 0 Å². The molecular formula is C18H21N5OS. The number of rotatable bonds is 5. The van der Waals surface area contributed by atoms with Gasteiger partial charge in [0, 0.05) is 16.5 Å². The number of nitrogens with one attached hydrogen (secondary N) is 3. The molecule has 0 fully saturated rings. The van der Waals surface area contributed by atoms with Crippen LogP contribution in [0.25, 0.3) is 0 Å². The lowest BCUT2D eigenvalue weighted by Crippen LogP contribution is -2.28. The van der Waals surface area contributed by atoms with Gasteiger partial charge in [0.25, 0.3) is 0 Å². The largest absolute Gasteiger partial charge is 0.332 e. The lowest BCUT2D eigenvalue weighted by atomic mass is 9.98. The van der Waals surface area contributed by atoms with Gasteiger partial charge in [-0.1, -0.05) is 19.1 Å². The maximum Gasteiger partial charge on any atom is 0.319 e. The third-order valence-electron chi connectivity index (χ3n) is 4.20. The van der Waals surface area contributed by atoms with E-state index in [0.29, 0.717) is 12.5 Å². The van der Waals surface area contributed by atoms with Crippen LogP contribution < -0.4 is 10.6 Å². The summed E-state index contributed by atoms with van der Waals surface area (Å²) in [6.07, 6.45) is 1.74. The molecule has 2 amide bonds. The van der Waals surface area contributed by atoms with Crippen LogP contribution >= 0.6 is 11.3 Å².